The SMILES string of the molecule is O=C(O)c1cccc(-c2ccc(C3C(c4ccccn4)NC(=S)N3CCCO)o2)c1. The Labute approximate surface area is 179 Å². The standard InChI is InChI=1S/C22H21N3O4S/c26-12-4-11-25-20(19(24-22(25)30)16-7-1-2-10-23-16)18-9-8-17(29-18)14-5-3-6-15(13-14)21(27)28/h1-3,5-10,13,19-20,26H,4,11-12H2,(H,24,30)(H,27,28). The molecule has 1 aromatic carbocycles. The summed E-state index contributed by atoms with van der Waals surface area (Å²) in [5.41, 5.74) is 1.72. The molecule has 2 atom stereocenters. The number of hydrogen-bond donors (Lipinski definition) is 3. The average molecular weight is 423 g/mol. The third-order valence-electron chi connectivity index (χ3n) is 5.07. The summed E-state index contributed by atoms with van der Waals surface area (Å²) >= 11 is 5.55. The lowest BCUT2D eigenvalue weighted by atomic mass is 10.0. The average Bonchev–Trinajstić information content (AvgIpc) is 3.37. The number of pyridine rings is 1. The molecule has 4 rings (SSSR count). The van der Waals surface area contributed by atoms with E-state index in [9.17, 15) is 15.0 Å². The number of rotatable bonds is 7. The lowest BCUT2D eigenvalue weighted by Gasteiger charge is -2.25. The maximum atomic E-state index is 11.3. The number of aliphatic hydroxyl groups is 1. The summed E-state index contributed by atoms with van der Waals surface area (Å²) in [7, 11) is 0. The van der Waals surface area contributed by atoms with Gasteiger partial charge in [-0.25, -0.2) is 4.79 Å². The van der Waals surface area contributed by atoms with Gasteiger partial charge in [0, 0.05) is 24.9 Å². The topological polar surface area (TPSA) is 98.8 Å². The number of carbonyl (C=O) groups is 1. The van der Waals surface area contributed by atoms with E-state index in [0.717, 1.165) is 5.69 Å². The summed E-state index contributed by atoms with van der Waals surface area (Å²) in [6.07, 6.45) is 2.31. The Balaban J connectivity index is 1.71. The fourth-order valence-electron chi connectivity index (χ4n) is 3.67. The van der Waals surface area contributed by atoms with Crippen LogP contribution in [0.2, 0.25) is 0 Å². The number of furan rings is 1. The van der Waals surface area contributed by atoms with Crippen LogP contribution in [0, 0.1) is 0 Å². The van der Waals surface area contributed by atoms with Gasteiger partial charge in [0.05, 0.1) is 17.3 Å². The van der Waals surface area contributed by atoms with E-state index in [1.165, 1.54) is 0 Å². The summed E-state index contributed by atoms with van der Waals surface area (Å²) in [5, 5.41) is 22.5. The minimum absolute atomic E-state index is 0.0610. The Hall–Kier alpha value is -3.23. The van der Waals surface area contributed by atoms with Gasteiger partial charge in [-0.3, -0.25) is 4.98 Å². The largest absolute Gasteiger partial charge is 0.478 e. The van der Waals surface area contributed by atoms with Crippen molar-refractivity contribution in [3.05, 3.63) is 77.8 Å². The molecule has 0 aliphatic carbocycles. The molecular weight excluding hydrogens is 402 g/mol. The van der Waals surface area contributed by atoms with E-state index in [1.54, 1.807) is 24.4 Å². The smallest absolute Gasteiger partial charge is 0.335 e. The minimum atomic E-state index is -0.987. The summed E-state index contributed by atoms with van der Waals surface area (Å²) in [5.74, 6) is 0.277. The summed E-state index contributed by atoms with van der Waals surface area (Å²) in [4.78, 5) is 17.8. The van der Waals surface area contributed by atoms with E-state index in [-0.39, 0.29) is 24.3 Å². The first-order chi connectivity index (χ1) is 14.6. The van der Waals surface area contributed by atoms with Gasteiger partial charge in [0.1, 0.15) is 17.6 Å². The van der Waals surface area contributed by atoms with Crippen molar-refractivity contribution in [2.24, 2.45) is 0 Å². The number of benzene rings is 1. The third kappa shape index (κ3) is 3.92. The molecule has 1 aliphatic rings. The number of carboxylic acid groups (broad SMARTS) is 1. The van der Waals surface area contributed by atoms with Crippen LogP contribution in [0.5, 0.6) is 0 Å². The molecule has 8 heteroatoms. The molecule has 7 nitrogen and oxygen atoms in total. The van der Waals surface area contributed by atoms with Gasteiger partial charge in [0.15, 0.2) is 5.11 Å². The number of aliphatic hydroxyl groups excluding tert-OH is 1. The molecule has 1 fully saturated rings. The number of nitrogens with one attached hydrogen (secondary N) is 1. The van der Waals surface area contributed by atoms with Crippen molar-refractivity contribution < 1.29 is 19.4 Å². The molecule has 3 aromatic rings. The highest BCUT2D eigenvalue weighted by Crippen LogP contribution is 2.40. The molecule has 0 amide bonds. The number of thiocarbonyl (C=S) groups is 1. The summed E-state index contributed by atoms with van der Waals surface area (Å²) in [6.45, 7) is 0.631. The molecular formula is C22H21N3O4S. The second-order valence-electron chi connectivity index (χ2n) is 6.99. The molecule has 3 heterocycles. The zero-order valence-corrected chi connectivity index (χ0v) is 16.9. The predicted molar refractivity (Wildman–Crippen MR) is 115 cm³/mol. The van der Waals surface area contributed by atoms with Crippen molar-refractivity contribution >= 4 is 23.3 Å². The third-order valence-corrected chi connectivity index (χ3v) is 5.42. The van der Waals surface area contributed by atoms with Gasteiger partial charge in [0.2, 0.25) is 0 Å². The fourth-order valence-corrected chi connectivity index (χ4v) is 4.00. The van der Waals surface area contributed by atoms with Gasteiger partial charge in [-0.1, -0.05) is 18.2 Å². The molecule has 2 aromatic heterocycles. The van der Waals surface area contributed by atoms with Crippen LogP contribution in [-0.4, -0.2) is 44.3 Å². The van der Waals surface area contributed by atoms with Gasteiger partial charge in [-0.05, 0) is 55.0 Å². The maximum Gasteiger partial charge on any atom is 0.335 e. The van der Waals surface area contributed by atoms with Gasteiger partial charge in [0.25, 0.3) is 0 Å². The zero-order chi connectivity index (χ0) is 21.1. The van der Waals surface area contributed by atoms with Gasteiger partial charge < -0.3 is 24.8 Å². The fraction of sp³-hybridized carbons (Fsp3) is 0.227. The number of aromatic nitrogens is 1. The van der Waals surface area contributed by atoms with Gasteiger partial charge in [-0.15, -0.1) is 0 Å². The lowest BCUT2D eigenvalue weighted by Crippen LogP contribution is -2.30. The molecule has 3 N–H and O–H groups in total. The second-order valence-corrected chi connectivity index (χ2v) is 7.37. The van der Waals surface area contributed by atoms with Gasteiger partial charge in [-0.2, -0.15) is 0 Å². The number of hydrogen-bond acceptors (Lipinski definition) is 5. The normalized spacial score (nSPS) is 18.4. The Kier molecular flexibility index (Phi) is 5.78. The zero-order valence-electron chi connectivity index (χ0n) is 16.1. The van der Waals surface area contributed by atoms with Crippen molar-refractivity contribution in [1.82, 2.24) is 15.2 Å². The first-order valence-electron chi connectivity index (χ1n) is 9.61. The van der Waals surface area contributed by atoms with E-state index < -0.39 is 5.97 Å². The summed E-state index contributed by atoms with van der Waals surface area (Å²) < 4.78 is 6.17. The molecule has 30 heavy (non-hydrogen) atoms. The second kappa shape index (κ2) is 8.64. The Bertz CT molecular complexity index is 1050. The molecule has 0 radical (unpaired) electrons. The first-order valence-corrected chi connectivity index (χ1v) is 10.0. The van der Waals surface area contributed by atoms with E-state index in [1.807, 2.05) is 41.3 Å². The highest BCUT2D eigenvalue weighted by Gasteiger charge is 2.41. The number of carboxylic acids is 1. The summed E-state index contributed by atoms with van der Waals surface area (Å²) in [6, 6.07) is 15.6. The van der Waals surface area contributed by atoms with Crippen molar-refractivity contribution in [1.29, 1.82) is 0 Å². The van der Waals surface area contributed by atoms with Crippen LogP contribution in [0.1, 0.15) is 40.3 Å². The van der Waals surface area contributed by atoms with Crippen LogP contribution in [0.4, 0.5) is 0 Å². The number of nitrogens with zero attached hydrogens (tertiary/aromatic N) is 2. The first kappa shape index (κ1) is 20.1. The molecule has 0 saturated carbocycles. The molecule has 0 bridgehead atoms. The quantitative estimate of drug-likeness (QED) is 0.498. The van der Waals surface area contributed by atoms with E-state index in [4.69, 9.17) is 16.6 Å². The van der Waals surface area contributed by atoms with Crippen molar-refractivity contribution in [2.75, 3.05) is 13.2 Å². The van der Waals surface area contributed by atoms with Crippen molar-refractivity contribution in [3.63, 3.8) is 0 Å². The molecule has 1 saturated heterocycles. The Morgan fingerprint density at radius 1 is 1.20 bits per heavy atom. The maximum absolute atomic E-state index is 11.3. The molecule has 1 aliphatic heterocycles. The predicted octanol–water partition coefficient (Wildman–Crippen LogP) is 3.39. The molecule has 2 unspecified atom stereocenters. The van der Waals surface area contributed by atoms with E-state index in [0.29, 0.717) is 35.2 Å². The van der Waals surface area contributed by atoms with Crippen LogP contribution in [0.15, 0.2) is 65.2 Å². The van der Waals surface area contributed by atoms with Crippen molar-refractivity contribution in [3.8, 4) is 11.3 Å². The van der Waals surface area contributed by atoms with Crippen LogP contribution in [-0.2, 0) is 0 Å². The van der Waals surface area contributed by atoms with Crippen LogP contribution >= 0.6 is 12.2 Å². The van der Waals surface area contributed by atoms with Crippen LogP contribution < -0.4 is 5.32 Å². The molecule has 0 spiro atoms. The monoisotopic (exact) mass is 423 g/mol. The highest BCUT2D eigenvalue weighted by molar-refractivity contribution is 7.80. The van der Waals surface area contributed by atoms with E-state index in [2.05, 4.69) is 10.3 Å². The van der Waals surface area contributed by atoms with Crippen molar-refractivity contribution in [2.45, 2.75) is 18.5 Å². The van der Waals surface area contributed by atoms with Crippen LogP contribution in [0.3, 0.4) is 0 Å². The minimum Gasteiger partial charge on any atom is -0.478 e. The lowest BCUT2D eigenvalue weighted by molar-refractivity contribution is 0.0697. The van der Waals surface area contributed by atoms with Crippen LogP contribution in [0.25, 0.3) is 11.3 Å². The Morgan fingerprint density at radius 3 is 2.80 bits per heavy atom. The number of aromatic carboxylic acids is 1. The molecule has 154 valence electrons. The van der Waals surface area contributed by atoms with E-state index >= 15 is 0 Å². The highest BCUT2D eigenvalue weighted by atomic mass is 32.1. The van der Waals surface area contributed by atoms with Gasteiger partial charge >= 0.3 is 5.97 Å². The Morgan fingerprint density at radius 2 is 2.07 bits per heavy atom.